The van der Waals surface area contributed by atoms with Crippen LogP contribution in [0.5, 0.6) is 0 Å². The summed E-state index contributed by atoms with van der Waals surface area (Å²) in [4.78, 5) is 9.19. The number of hydrogen-bond acceptors (Lipinski definition) is 5. The van der Waals surface area contributed by atoms with Gasteiger partial charge in [-0.1, -0.05) is 0 Å². The summed E-state index contributed by atoms with van der Waals surface area (Å²) in [7, 11) is -0.301. The number of aryl methyl sites for hydroxylation is 1. The molecule has 0 radical (unpaired) electrons. The van der Waals surface area contributed by atoms with Gasteiger partial charge in [-0.25, -0.2) is 9.97 Å². The van der Waals surface area contributed by atoms with Crippen molar-refractivity contribution in [2.75, 3.05) is 27.2 Å². The molecule has 2 aromatic heterocycles. The van der Waals surface area contributed by atoms with E-state index in [4.69, 9.17) is 0 Å². The molecule has 1 aliphatic heterocycles. The van der Waals surface area contributed by atoms with E-state index in [0.29, 0.717) is 18.9 Å². The molecular formula is C15H22N6O2S. The summed E-state index contributed by atoms with van der Waals surface area (Å²) in [6, 6.07) is 3.75. The molecule has 0 aromatic carbocycles. The fraction of sp³-hybridized carbons (Fsp3) is 0.533. The fourth-order valence-corrected chi connectivity index (χ4v) is 4.09. The van der Waals surface area contributed by atoms with Gasteiger partial charge in [0.05, 0.1) is 11.4 Å². The van der Waals surface area contributed by atoms with E-state index < -0.39 is 10.2 Å². The molecule has 0 bridgehead atoms. The van der Waals surface area contributed by atoms with Crippen molar-refractivity contribution in [1.82, 2.24) is 28.8 Å². The molecule has 0 saturated carbocycles. The molecule has 3 heterocycles. The van der Waals surface area contributed by atoms with E-state index in [1.165, 1.54) is 8.61 Å². The van der Waals surface area contributed by atoms with Gasteiger partial charge >= 0.3 is 0 Å². The molecular weight excluding hydrogens is 328 g/mol. The van der Waals surface area contributed by atoms with E-state index in [9.17, 15) is 8.42 Å². The maximum Gasteiger partial charge on any atom is 0.281 e. The van der Waals surface area contributed by atoms with Crippen molar-refractivity contribution in [3.63, 3.8) is 0 Å². The van der Waals surface area contributed by atoms with Gasteiger partial charge in [0, 0.05) is 45.0 Å². The zero-order chi connectivity index (χ0) is 17.3. The van der Waals surface area contributed by atoms with Crippen LogP contribution in [0.3, 0.4) is 0 Å². The Balaban J connectivity index is 1.89. The first kappa shape index (κ1) is 17.0. The van der Waals surface area contributed by atoms with Gasteiger partial charge in [0.2, 0.25) is 0 Å². The first-order valence-electron chi connectivity index (χ1n) is 7.91. The highest BCUT2D eigenvalue weighted by Gasteiger charge is 2.32. The molecule has 0 amide bonds. The minimum absolute atomic E-state index is 0.00459. The lowest BCUT2D eigenvalue weighted by molar-refractivity contribution is 0.293. The summed E-state index contributed by atoms with van der Waals surface area (Å²) in [5.74, 6) is 0.688. The molecule has 130 valence electrons. The zero-order valence-electron chi connectivity index (χ0n) is 14.1. The smallest absolute Gasteiger partial charge is 0.276 e. The third-order valence-electron chi connectivity index (χ3n) is 4.19. The minimum Gasteiger partial charge on any atom is -0.276 e. The van der Waals surface area contributed by atoms with Crippen LogP contribution in [0.4, 0.5) is 0 Å². The van der Waals surface area contributed by atoms with Crippen molar-refractivity contribution in [2.45, 2.75) is 25.7 Å². The van der Waals surface area contributed by atoms with Crippen LogP contribution in [0.25, 0.3) is 11.4 Å². The van der Waals surface area contributed by atoms with Gasteiger partial charge in [-0.05, 0) is 31.9 Å². The third-order valence-corrected chi connectivity index (χ3v) is 6.09. The lowest BCUT2D eigenvalue weighted by Crippen LogP contribution is -2.45. The van der Waals surface area contributed by atoms with E-state index >= 15 is 0 Å². The number of nitrogens with zero attached hydrogens (tertiary/aromatic N) is 5. The van der Waals surface area contributed by atoms with Gasteiger partial charge in [0.25, 0.3) is 10.2 Å². The predicted octanol–water partition coefficient (Wildman–Crippen LogP) is 1.16. The standard InChI is InChI=1S/C15H22N6O2S/c1-11-9-14(13-6-7-16-19-13)18-15(17-11)12-5-4-8-21(10-12)24(22,23)20(2)3/h6-7,9,12H,4-5,8,10H2,1-3H3,(H,16,19)/t12-/m1/s1. The Morgan fingerprint density at radius 1 is 1.33 bits per heavy atom. The van der Waals surface area contributed by atoms with Crippen LogP contribution < -0.4 is 0 Å². The zero-order valence-corrected chi connectivity index (χ0v) is 14.9. The Labute approximate surface area is 142 Å². The second-order valence-electron chi connectivity index (χ2n) is 6.21. The fourth-order valence-electron chi connectivity index (χ4n) is 2.90. The van der Waals surface area contributed by atoms with Crippen molar-refractivity contribution < 1.29 is 8.42 Å². The quantitative estimate of drug-likeness (QED) is 0.893. The van der Waals surface area contributed by atoms with Crippen LogP contribution in [-0.2, 0) is 10.2 Å². The van der Waals surface area contributed by atoms with Crippen molar-refractivity contribution in [3.8, 4) is 11.4 Å². The van der Waals surface area contributed by atoms with Crippen LogP contribution in [0.1, 0.15) is 30.3 Å². The lowest BCUT2D eigenvalue weighted by Gasteiger charge is -2.32. The number of rotatable bonds is 4. The first-order valence-corrected chi connectivity index (χ1v) is 9.30. The van der Waals surface area contributed by atoms with E-state index in [1.807, 2.05) is 19.1 Å². The minimum atomic E-state index is -3.41. The lowest BCUT2D eigenvalue weighted by atomic mass is 9.98. The van der Waals surface area contributed by atoms with E-state index in [2.05, 4.69) is 20.2 Å². The second-order valence-corrected chi connectivity index (χ2v) is 8.35. The average Bonchev–Trinajstić information content (AvgIpc) is 3.09. The molecule has 3 rings (SSSR count). The Hall–Kier alpha value is -1.84. The van der Waals surface area contributed by atoms with Gasteiger partial charge in [-0.2, -0.15) is 22.1 Å². The van der Waals surface area contributed by atoms with Crippen molar-refractivity contribution >= 4 is 10.2 Å². The maximum absolute atomic E-state index is 12.4. The Kier molecular flexibility index (Phi) is 4.66. The summed E-state index contributed by atoms with van der Waals surface area (Å²) in [5, 5.41) is 6.86. The summed E-state index contributed by atoms with van der Waals surface area (Å²) in [6.07, 6.45) is 3.36. The van der Waals surface area contributed by atoms with Crippen molar-refractivity contribution in [1.29, 1.82) is 0 Å². The maximum atomic E-state index is 12.4. The van der Waals surface area contributed by atoms with E-state index in [1.54, 1.807) is 20.3 Å². The normalized spacial score (nSPS) is 19.8. The van der Waals surface area contributed by atoms with Crippen LogP contribution in [0.15, 0.2) is 18.3 Å². The van der Waals surface area contributed by atoms with Crippen molar-refractivity contribution in [2.24, 2.45) is 0 Å². The second kappa shape index (κ2) is 6.58. The predicted molar refractivity (Wildman–Crippen MR) is 90.5 cm³/mol. The Morgan fingerprint density at radius 2 is 2.12 bits per heavy atom. The molecule has 2 aromatic rings. The highest BCUT2D eigenvalue weighted by Crippen LogP contribution is 2.28. The molecule has 1 N–H and O–H groups in total. The molecule has 1 atom stereocenters. The summed E-state index contributed by atoms with van der Waals surface area (Å²) < 4.78 is 27.5. The number of aromatic amines is 1. The largest absolute Gasteiger partial charge is 0.281 e. The Morgan fingerprint density at radius 3 is 2.79 bits per heavy atom. The Bertz CT molecular complexity index is 803. The molecule has 0 unspecified atom stereocenters. The highest BCUT2D eigenvalue weighted by atomic mass is 32.2. The number of hydrogen-bond donors (Lipinski definition) is 1. The molecule has 9 heteroatoms. The number of piperidine rings is 1. The van der Waals surface area contributed by atoms with Crippen LogP contribution in [0.2, 0.25) is 0 Å². The summed E-state index contributed by atoms with van der Waals surface area (Å²) in [5.41, 5.74) is 2.47. The number of nitrogens with one attached hydrogen (secondary N) is 1. The van der Waals surface area contributed by atoms with Gasteiger partial charge in [-0.15, -0.1) is 0 Å². The molecule has 1 aliphatic rings. The van der Waals surface area contributed by atoms with Gasteiger partial charge in [0.1, 0.15) is 5.82 Å². The SMILES string of the molecule is Cc1cc(-c2ccn[nH]2)nc([C@@H]2CCCN(S(=O)(=O)N(C)C)C2)n1. The topological polar surface area (TPSA) is 95.1 Å². The van der Waals surface area contributed by atoms with Gasteiger partial charge < -0.3 is 0 Å². The molecule has 24 heavy (non-hydrogen) atoms. The highest BCUT2D eigenvalue weighted by molar-refractivity contribution is 7.86. The molecule has 1 saturated heterocycles. The first-order chi connectivity index (χ1) is 11.4. The molecule has 0 aliphatic carbocycles. The van der Waals surface area contributed by atoms with Crippen LogP contribution in [-0.4, -0.2) is 64.4 Å². The monoisotopic (exact) mass is 350 g/mol. The van der Waals surface area contributed by atoms with E-state index in [-0.39, 0.29) is 5.92 Å². The van der Waals surface area contributed by atoms with Gasteiger partial charge in [-0.3, -0.25) is 5.10 Å². The van der Waals surface area contributed by atoms with Gasteiger partial charge in [0.15, 0.2) is 0 Å². The third kappa shape index (κ3) is 3.33. The number of H-pyrrole nitrogens is 1. The van der Waals surface area contributed by atoms with Crippen LogP contribution in [0, 0.1) is 6.92 Å². The molecule has 0 spiro atoms. The average molecular weight is 350 g/mol. The molecule has 8 nitrogen and oxygen atoms in total. The van der Waals surface area contributed by atoms with Crippen molar-refractivity contribution in [3.05, 3.63) is 29.8 Å². The van der Waals surface area contributed by atoms with Crippen LogP contribution >= 0.6 is 0 Å². The number of aromatic nitrogens is 4. The molecule has 1 fully saturated rings. The van der Waals surface area contributed by atoms with E-state index in [0.717, 1.165) is 29.9 Å². The summed E-state index contributed by atoms with van der Waals surface area (Å²) >= 11 is 0. The summed E-state index contributed by atoms with van der Waals surface area (Å²) in [6.45, 7) is 2.87.